The SMILES string of the molecule is COc1c(N)ccc(N2CCC(C3CCN(c4ccc(N)c(CO)c4OC)CC3)CC2)c1CO. The first kappa shape index (κ1) is 24.3. The van der Waals surface area contributed by atoms with Crippen molar-refractivity contribution >= 4 is 22.7 Å². The van der Waals surface area contributed by atoms with Gasteiger partial charge in [0.05, 0.1) is 38.8 Å². The summed E-state index contributed by atoms with van der Waals surface area (Å²) in [6.07, 6.45) is 4.57. The molecule has 2 heterocycles. The minimum Gasteiger partial charge on any atom is -0.494 e. The van der Waals surface area contributed by atoms with Crippen LogP contribution in [0.2, 0.25) is 0 Å². The van der Waals surface area contributed by atoms with Crippen LogP contribution in [0.4, 0.5) is 22.7 Å². The van der Waals surface area contributed by atoms with E-state index in [-0.39, 0.29) is 13.2 Å². The minimum absolute atomic E-state index is 0.0888. The van der Waals surface area contributed by atoms with Gasteiger partial charge in [-0.25, -0.2) is 0 Å². The van der Waals surface area contributed by atoms with Gasteiger partial charge in [0.25, 0.3) is 0 Å². The van der Waals surface area contributed by atoms with Crippen LogP contribution in [0.15, 0.2) is 24.3 Å². The number of hydrogen-bond donors (Lipinski definition) is 4. The van der Waals surface area contributed by atoms with Crippen molar-refractivity contribution in [3.63, 3.8) is 0 Å². The molecule has 2 aliphatic rings. The smallest absolute Gasteiger partial charge is 0.149 e. The lowest BCUT2D eigenvalue weighted by Gasteiger charge is -2.42. The molecular weight excluding hydrogens is 432 g/mol. The van der Waals surface area contributed by atoms with E-state index in [9.17, 15) is 10.2 Å². The largest absolute Gasteiger partial charge is 0.494 e. The summed E-state index contributed by atoms with van der Waals surface area (Å²) in [6.45, 7) is 3.66. The molecule has 186 valence electrons. The van der Waals surface area contributed by atoms with Gasteiger partial charge in [-0.05, 0) is 61.8 Å². The number of nitrogen functional groups attached to an aromatic ring is 2. The molecule has 2 aliphatic heterocycles. The number of rotatable bonds is 7. The van der Waals surface area contributed by atoms with Crippen LogP contribution in [-0.2, 0) is 13.2 Å². The van der Waals surface area contributed by atoms with Crippen molar-refractivity contribution in [2.45, 2.75) is 38.9 Å². The van der Waals surface area contributed by atoms with Crippen molar-refractivity contribution in [3.8, 4) is 11.5 Å². The fourth-order valence-electron chi connectivity index (χ4n) is 5.82. The lowest BCUT2D eigenvalue weighted by atomic mass is 9.78. The lowest BCUT2D eigenvalue weighted by Crippen LogP contribution is -2.41. The van der Waals surface area contributed by atoms with Crippen LogP contribution in [0.5, 0.6) is 11.5 Å². The van der Waals surface area contributed by atoms with Gasteiger partial charge in [-0.15, -0.1) is 0 Å². The maximum absolute atomic E-state index is 9.95. The maximum Gasteiger partial charge on any atom is 0.149 e. The summed E-state index contributed by atoms with van der Waals surface area (Å²) in [5.74, 6) is 2.67. The molecule has 0 radical (unpaired) electrons. The van der Waals surface area contributed by atoms with Crippen molar-refractivity contribution in [2.75, 3.05) is 61.7 Å². The summed E-state index contributed by atoms with van der Waals surface area (Å²) in [7, 11) is 3.23. The maximum atomic E-state index is 9.95. The molecule has 0 amide bonds. The monoisotopic (exact) mass is 470 g/mol. The van der Waals surface area contributed by atoms with Gasteiger partial charge in [-0.3, -0.25) is 0 Å². The predicted octanol–water partition coefficient (Wildman–Crippen LogP) is 2.99. The lowest BCUT2D eigenvalue weighted by molar-refractivity contribution is 0.231. The number of piperidine rings is 2. The molecule has 34 heavy (non-hydrogen) atoms. The first-order chi connectivity index (χ1) is 16.5. The highest BCUT2D eigenvalue weighted by Gasteiger charge is 2.31. The average Bonchev–Trinajstić information content (AvgIpc) is 2.88. The van der Waals surface area contributed by atoms with Gasteiger partial charge in [-0.1, -0.05) is 0 Å². The summed E-state index contributed by atoms with van der Waals surface area (Å²) >= 11 is 0. The van der Waals surface area contributed by atoms with Crippen molar-refractivity contribution in [1.82, 2.24) is 0 Å². The van der Waals surface area contributed by atoms with E-state index in [1.807, 2.05) is 24.3 Å². The summed E-state index contributed by atoms with van der Waals surface area (Å²) < 4.78 is 11.1. The van der Waals surface area contributed by atoms with Crippen molar-refractivity contribution in [1.29, 1.82) is 0 Å². The number of nitrogens with zero attached hydrogens (tertiary/aromatic N) is 2. The highest BCUT2D eigenvalue weighted by Crippen LogP contribution is 2.41. The number of benzene rings is 2. The minimum atomic E-state index is -0.129. The highest BCUT2D eigenvalue weighted by atomic mass is 16.5. The quantitative estimate of drug-likeness (QED) is 0.456. The molecule has 8 nitrogen and oxygen atoms in total. The Bertz CT molecular complexity index is 904. The van der Waals surface area contributed by atoms with Gasteiger partial charge in [0.15, 0.2) is 0 Å². The number of methoxy groups -OCH3 is 2. The summed E-state index contributed by atoms with van der Waals surface area (Å²) in [5, 5.41) is 19.7. The topological polar surface area (TPSA) is 117 Å². The third kappa shape index (κ3) is 4.57. The second-order valence-corrected chi connectivity index (χ2v) is 9.34. The molecule has 6 N–H and O–H groups in total. The molecule has 8 heteroatoms. The predicted molar refractivity (Wildman–Crippen MR) is 137 cm³/mol. The number of anilines is 4. The van der Waals surface area contributed by atoms with Gasteiger partial charge in [0, 0.05) is 48.7 Å². The van der Waals surface area contributed by atoms with Crippen LogP contribution >= 0.6 is 0 Å². The zero-order valence-corrected chi connectivity index (χ0v) is 20.3. The molecule has 0 atom stereocenters. The zero-order valence-electron chi connectivity index (χ0n) is 20.3. The third-order valence-electron chi connectivity index (χ3n) is 7.69. The first-order valence-corrected chi connectivity index (χ1v) is 12.1. The number of aliphatic hydroxyl groups is 2. The molecule has 0 aromatic heterocycles. The van der Waals surface area contributed by atoms with E-state index >= 15 is 0 Å². The zero-order chi connectivity index (χ0) is 24.2. The first-order valence-electron chi connectivity index (χ1n) is 12.1. The fourth-order valence-corrected chi connectivity index (χ4v) is 5.82. The molecule has 2 aromatic rings. The Labute approximate surface area is 202 Å². The Hall–Kier alpha value is -2.84. The van der Waals surface area contributed by atoms with Gasteiger partial charge in [0.2, 0.25) is 0 Å². The van der Waals surface area contributed by atoms with Gasteiger partial charge in [0.1, 0.15) is 11.5 Å². The van der Waals surface area contributed by atoms with E-state index in [1.54, 1.807) is 14.2 Å². The number of hydrogen-bond acceptors (Lipinski definition) is 8. The molecule has 0 saturated carbocycles. The average molecular weight is 471 g/mol. The Morgan fingerprint density at radius 1 is 0.706 bits per heavy atom. The van der Waals surface area contributed by atoms with Crippen molar-refractivity contribution in [3.05, 3.63) is 35.4 Å². The molecule has 2 aromatic carbocycles. The highest BCUT2D eigenvalue weighted by molar-refractivity contribution is 5.70. The van der Waals surface area contributed by atoms with E-state index in [0.717, 1.165) is 68.8 Å². The Kier molecular flexibility index (Phi) is 7.58. The summed E-state index contributed by atoms with van der Waals surface area (Å²) in [6, 6.07) is 7.73. The second kappa shape index (κ2) is 10.6. The van der Waals surface area contributed by atoms with Crippen LogP contribution < -0.4 is 30.7 Å². The van der Waals surface area contributed by atoms with Crippen LogP contribution in [-0.4, -0.2) is 50.6 Å². The standard InChI is InChI=1S/C26H38N4O4/c1-33-25-20(16-32)23(5-4-22(25)28)29-11-7-17(8-12-29)18-9-13-30(14-10-18)24-6-3-21(27)19(15-31)26(24)34-2/h3-6,17-18,31-32H,7-16,27-28H2,1-2H3. The molecular formula is C26H38N4O4. The second-order valence-electron chi connectivity index (χ2n) is 9.34. The normalized spacial score (nSPS) is 17.8. The molecule has 0 spiro atoms. The van der Waals surface area contributed by atoms with E-state index in [2.05, 4.69) is 9.80 Å². The van der Waals surface area contributed by atoms with Gasteiger partial charge < -0.3 is 41.0 Å². The molecule has 0 unspecified atom stereocenters. The molecule has 2 fully saturated rings. The van der Waals surface area contributed by atoms with E-state index in [4.69, 9.17) is 20.9 Å². The van der Waals surface area contributed by atoms with E-state index < -0.39 is 0 Å². The van der Waals surface area contributed by atoms with Crippen LogP contribution in [0.1, 0.15) is 36.8 Å². The molecule has 4 rings (SSSR count). The fraction of sp³-hybridized carbons (Fsp3) is 0.538. The molecule has 0 aliphatic carbocycles. The van der Waals surface area contributed by atoms with E-state index in [0.29, 0.717) is 40.3 Å². The number of aliphatic hydroxyl groups excluding tert-OH is 2. The Morgan fingerprint density at radius 2 is 1.18 bits per heavy atom. The third-order valence-corrected chi connectivity index (χ3v) is 7.69. The Balaban J connectivity index is 1.37. The van der Waals surface area contributed by atoms with E-state index in [1.165, 1.54) is 0 Å². The number of nitrogens with two attached hydrogens (primary N) is 2. The van der Waals surface area contributed by atoms with Crippen LogP contribution in [0.25, 0.3) is 0 Å². The number of ether oxygens (including phenoxy) is 2. The Morgan fingerprint density at radius 3 is 1.68 bits per heavy atom. The van der Waals surface area contributed by atoms with Crippen molar-refractivity contribution in [2.24, 2.45) is 11.8 Å². The van der Waals surface area contributed by atoms with Crippen LogP contribution in [0.3, 0.4) is 0 Å². The summed E-state index contributed by atoms with van der Waals surface area (Å²) in [5.41, 5.74) is 16.7. The summed E-state index contributed by atoms with van der Waals surface area (Å²) in [4.78, 5) is 4.71. The molecule has 0 bridgehead atoms. The van der Waals surface area contributed by atoms with Gasteiger partial charge in [-0.2, -0.15) is 0 Å². The van der Waals surface area contributed by atoms with Crippen LogP contribution in [0, 0.1) is 11.8 Å². The molecule has 2 saturated heterocycles. The van der Waals surface area contributed by atoms with Crippen molar-refractivity contribution < 1.29 is 19.7 Å². The van der Waals surface area contributed by atoms with Gasteiger partial charge >= 0.3 is 0 Å².